The van der Waals surface area contributed by atoms with Crippen molar-refractivity contribution < 1.29 is 9.18 Å². The molecule has 1 N–H and O–H groups in total. The zero-order valence-electron chi connectivity index (χ0n) is 11.7. The second-order valence-corrected chi connectivity index (χ2v) is 5.55. The van der Waals surface area contributed by atoms with Crippen LogP contribution in [-0.2, 0) is 11.3 Å². The average Bonchev–Trinajstić information content (AvgIpc) is 2.44. The normalized spacial score (nSPS) is 17.1. The highest BCUT2D eigenvalue weighted by Crippen LogP contribution is 2.24. The molecule has 0 saturated carbocycles. The van der Waals surface area contributed by atoms with Gasteiger partial charge in [0.25, 0.3) is 0 Å². The minimum Gasteiger partial charge on any atom is -0.356 e. The molecule has 1 aliphatic rings. The van der Waals surface area contributed by atoms with Gasteiger partial charge in [-0.25, -0.2) is 4.39 Å². The molecule has 20 heavy (non-hydrogen) atoms. The highest BCUT2D eigenvalue weighted by Gasteiger charge is 2.25. The predicted molar refractivity (Wildman–Crippen MR) is 78.1 cm³/mol. The van der Waals surface area contributed by atoms with Crippen LogP contribution in [0.15, 0.2) is 18.2 Å². The molecule has 0 spiro atoms. The van der Waals surface area contributed by atoms with E-state index in [0.717, 1.165) is 25.9 Å². The third-order valence-electron chi connectivity index (χ3n) is 3.75. The van der Waals surface area contributed by atoms with Gasteiger partial charge in [0.2, 0.25) is 5.91 Å². The van der Waals surface area contributed by atoms with Crippen LogP contribution < -0.4 is 5.32 Å². The Labute approximate surface area is 124 Å². The topological polar surface area (TPSA) is 32.3 Å². The maximum atomic E-state index is 13.7. The van der Waals surface area contributed by atoms with E-state index in [9.17, 15) is 9.18 Å². The summed E-state index contributed by atoms with van der Waals surface area (Å²) in [5, 5.41) is 3.33. The fraction of sp³-hybridized carbons (Fsp3) is 0.533. The number of nitrogens with zero attached hydrogens (tertiary/aromatic N) is 1. The molecule has 1 heterocycles. The van der Waals surface area contributed by atoms with Crippen molar-refractivity contribution in [3.05, 3.63) is 34.6 Å². The summed E-state index contributed by atoms with van der Waals surface area (Å²) in [5.41, 5.74) is 0.547. The number of halogens is 2. The smallest absolute Gasteiger partial charge is 0.223 e. The Morgan fingerprint density at radius 2 is 2.15 bits per heavy atom. The number of nitrogens with one attached hydrogen (secondary N) is 1. The summed E-state index contributed by atoms with van der Waals surface area (Å²) >= 11 is 6.04. The lowest BCUT2D eigenvalue weighted by molar-refractivity contribution is -0.126. The molecule has 2 rings (SSSR count). The molecule has 110 valence electrons. The average molecular weight is 299 g/mol. The van der Waals surface area contributed by atoms with Crippen molar-refractivity contribution in [1.82, 2.24) is 10.2 Å². The zero-order chi connectivity index (χ0) is 14.5. The number of hydrogen-bond donors (Lipinski definition) is 1. The van der Waals surface area contributed by atoms with Gasteiger partial charge >= 0.3 is 0 Å². The molecule has 0 aromatic heterocycles. The van der Waals surface area contributed by atoms with Gasteiger partial charge < -0.3 is 5.32 Å². The molecule has 1 saturated heterocycles. The van der Waals surface area contributed by atoms with E-state index in [4.69, 9.17) is 11.6 Å². The standard InChI is InChI=1S/C15H20ClFN2O/c1-2-18-15(20)11-6-8-19(9-7-11)10-12-13(16)4-3-5-14(12)17/h3-5,11H,2,6-10H2,1H3,(H,18,20). The van der Waals surface area contributed by atoms with E-state index in [1.165, 1.54) is 6.07 Å². The van der Waals surface area contributed by atoms with Gasteiger partial charge in [0, 0.05) is 29.6 Å². The second kappa shape index (κ2) is 7.04. The monoisotopic (exact) mass is 298 g/mol. The van der Waals surface area contributed by atoms with Crippen LogP contribution in [-0.4, -0.2) is 30.4 Å². The Bertz CT molecular complexity index is 453. The van der Waals surface area contributed by atoms with Crippen molar-refractivity contribution >= 4 is 17.5 Å². The van der Waals surface area contributed by atoms with E-state index in [-0.39, 0.29) is 17.6 Å². The Morgan fingerprint density at radius 3 is 2.75 bits per heavy atom. The molecule has 1 aliphatic heterocycles. The summed E-state index contributed by atoms with van der Waals surface area (Å²) in [6.45, 7) is 4.70. The van der Waals surface area contributed by atoms with Crippen LogP contribution in [0.4, 0.5) is 4.39 Å². The van der Waals surface area contributed by atoms with Gasteiger partial charge in [0.1, 0.15) is 5.82 Å². The molecule has 3 nitrogen and oxygen atoms in total. The van der Waals surface area contributed by atoms with Crippen LogP contribution in [0.25, 0.3) is 0 Å². The van der Waals surface area contributed by atoms with Crippen molar-refractivity contribution in [2.75, 3.05) is 19.6 Å². The van der Waals surface area contributed by atoms with Gasteiger partial charge in [-0.2, -0.15) is 0 Å². The molecule has 0 radical (unpaired) electrons. The van der Waals surface area contributed by atoms with Gasteiger partial charge in [-0.3, -0.25) is 9.69 Å². The largest absolute Gasteiger partial charge is 0.356 e. The van der Waals surface area contributed by atoms with E-state index >= 15 is 0 Å². The lowest BCUT2D eigenvalue weighted by Crippen LogP contribution is -2.40. The fourth-order valence-electron chi connectivity index (χ4n) is 2.58. The molecular weight excluding hydrogens is 279 g/mol. The predicted octanol–water partition coefficient (Wildman–Crippen LogP) is 2.83. The Balaban J connectivity index is 1.90. The molecule has 1 aromatic carbocycles. The summed E-state index contributed by atoms with van der Waals surface area (Å²) < 4.78 is 13.7. The first-order valence-electron chi connectivity index (χ1n) is 7.04. The number of hydrogen-bond acceptors (Lipinski definition) is 2. The number of carbonyl (C=O) groups is 1. The molecule has 1 amide bonds. The summed E-state index contributed by atoms with van der Waals surface area (Å²) in [6, 6.07) is 4.76. The quantitative estimate of drug-likeness (QED) is 0.927. The summed E-state index contributed by atoms with van der Waals surface area (Å²) in [7, 11) is 0. The number of benzene rings is 1. The van der Waals surface area contributed by atoms with Crippen molar-refractivity contribution in [3.63, 3.8) is 0 Å². The van der Waals surface area contributed by atoms with Crippen molar-refractivity contribution in [2.24, 2.45) is 5.92 Å². The van der Waals surface area contributed by atoms with Gasteiger partial charge in [-0.05, 0) is 45.0 Å². The first-order valence-corrected chi connectivity index (χ1v) is 7.42. The number of amides is 1. The minimum atomic E-state index is -0.261. The maximum Gasteiger partial charge on any atom is 0.223 e. The zero-order valence-corrected chi connectivity index (χ0v) is 12.4. The van der Waals surface area contributed by atoms with E-state index in [1.807, 2.05) is 6.92 Å². The van der Waals surface area contributed by atoms with E-state index < -0.39 is 0 Å². The van der Waals surface area contributed by atoms with Crippen LogP contribution in [0.1, 0.15) is 25.3 Å². The molecule has 0 bridgehead atoms. The van der Waals surface area contributed by atoms with Crippen molar-refractivity contribution in [2.45, 2.75) is 26.3 Å². The first-order chi connectivity index (χ1) is 9.61. The molecule has 5 heteroatoms. The van der Waals surface area contributed by atoms with Crippen LogP contribution in [0.3, 0.4) is 0 Å². The van der Waals surface area contributed by atoms with Gasteiger partial charge in [-0.1, -0.05) is 17.7 Å². The summed E-state index contributed by atoms with van der Waals surface area (Å²) in [6.07, 6.45) is 1.63. The Hall–Kier alpha value is -1.13. The highest BCUT2D eigenvalue weighted by molar-refractivity contribution is 6.31. The molecule has 1 aromatic rings. The highest BCUT2D eigenvalue weighted by atomic mass is 35.5. The number of rotatable bonds is 4. The maximum absolute atomic E-state index is 13.7. The van der Waals surface area contributed by atoms with Gasteiger partial charge in [-0.15, -0.1) is 0 Å². The second-order valence-electron chi connectivity index (χ2n) is 5.15. The summed E-state index contributed by atoms with van der Waals surface area (Å²) in [5.74, 6) is -0.0401. The van der Waals surface area contributed by atoms with Crippen LogP contribution in [0.2, 0.25) is 5.02 Å². The van der Waals surface area contributed by atoms with E-state index in [1.54, 1.807) is 12.1 Å². The fourth-order valence-corrected chi connectivity index (χ4v) is 2.80. The number of carbonyl (C=O) groups excluding carboxylic acids is 1. The number of piperidine rings is 1. The van der Waals surface area contributed by atoms with Crippen LogP contribution in [0.5, 0.6) is 0 Å². The first kappa shape index (κ1) is 15.3. The van der Waals surface area contributed by atoms with E-state index in [0.29, 0.717) is 23.7 Å². The molecule has 1 fully saturated rings. The lowest BCUT2D eigenvalue weighted by atomic mass is 9.95. The van der Waals surface area contributed by atoms with Crippen LogP contribution in [0, 0.1) is 11.7 Å². The SMILES string of the molecule is CCNC(=O)C1CCN(Cc2c(F)cccc2Cl)CC1. The Kier molecular flexibility index (Phi) is 5.38. The molecule has 0 atom stereocenters. The molecule has 0 aliphatic carbocycles. The van der Waals surface area contributed by atoms with Crippen molar-refractivity contribution in [3.8, 4) is 0 Å². The third-order valence-corrected chi connectivity index (χ3v) is 4.11. The summed E-state index contributed by atoms with van der Waals surface area (Å²) in [4.78, 5) is 13.9. The molecule has 0 unspecified atom stereocenters. The lowest BCUT2D eigenvalue weighted by Gasteiger charge is -2.31. The Morgan fingerprint density at radius 1 is 1.45 bits per heavy atom. The van der Waals surface area contributed by atoms with E-state index in [2.05, 4.69) is 10.2 Å². The number of likely N-dealkylation sites (tertiary alicyclic amines) is 1. The third kappa shape index (κ3) is 3.70. The van der Waals surface area contributed by atoms with Crippen LogP contribution >= 0.6 is 11.6 Å². The minimum absolute atomic E-state index is 0.0855. The van der Waals surface area contributed by atoms with Crippen molar-refractivity contribution in [1.29, 1.82) is 0 Å². The molecular formula is C15H20ClFN2O. The van der Waals surface area contributed by atoms with Gasteiger partial charge in [0.05, 0.1) is 0 Å². The van der Waals surface area contributed by atoms with Gasteiger partial charge in [0.15, 0.2) is 0 Å².